The number of rotatable bonds is 23. The Kier molecular flexibility index (Phi) is 17.7. The van der Waals surface area contributed by atoms with E-state index < -0.39 is 41.2 Å². The van der Waals surface area contributed by atoms with Crippen LogP contribution in [-0.4, -0.2) is 110 Å². The van der Waals surface area contributed by atoms with Gasteiger partial charge in [-0.05, 0) is 44.0 Å². The number of benzene rings is 1. The van der Waals surface area contributed by atoms with Crippen LogP contribution in [0.1, 0.15) is 44.1 Å². The van der Waals surface area contributed by atoms with Gasteiger partial charge in [0.05, 0.1) is 29.9 Å². The topological polar surface area (TPSA) is 255 Å². The van der Waals surface area contributed by atoms with Crippen molar-refractivity contribution >= 4 is 53.1 Å². The smallest absolute Gasteiger partial charge is 0.410 e. The molecule has 0 aliphatic carbocycles. The number of hydrogen-bond donors (Lipinski definition) is 6. The van der Waals surface area contributed by atoms with Crippen LogP contribution in [0.4, 0.5) is 4.79 Å². The van der Waals surface area contributed by atoms with Crippen LogP contribution in [0.15, 0.2) is 24.3 Å². The maximum absolute atomic E-state index is 13.0. The zero-order chi connectivity index (χ0) is 35.6. The summed E-state index contributed by atoms with van der Waals surface area (Å²) in [4.78, 5) is 87.6. The number of imide groups is 1. The molecule has 17 heteroatoms. The Morgan fingerprint density at radius 2 is 1.79 bits per heavy atom. The first-order chi connectivity index (χ1) is 22.9. The second-order valence-corrected chi connectivity index (χ2v) is 12.4. The van der Waals surface area contributed by atoms with Crippen molar-refractivity contribution in [3.05, 3.63) is 29.8 Å². The van der Waals surface area contributed by atoms with Gasteiger partial charge < -0.3 is 42.6 Å². The lowest BCUT2D eigenvalue weighted by atomic mass is 9.98. The van der Waals surface area contributed by atoms with E-state index in [-0.39, 0.29) is 86.7 Å². The summed E-state index contributed by atoms with van der Waals surface area (Å²) >= 11 is 1.09. The number of likely N-dealkylation sites (N-methyl/N-ethyl adjacent to an activating group) is 1. The number of thioether (sulfide) groups is 1. The van der Waals surface area contributed by atoms with Gasteiger partial charge in [0.25, 0.3) is 0 Å². The van der Waals surface area contributed by atoms with Crippen LogP contribution in [0, 0.1) is 5.92 Å². The predicted molar refractivity (Wildman–Crippen MR) is 177 cm³/mol. The molecule has 0 saturated carbocycles. The number of amides is 5. The number of ether oxygens (including phenoxy) is 2. The molecule has 1 aromatic carbocycles. The summed E-state index contributed by atoms with van der Waals surface area (Å²) in [6.45, 7) is 0.521. The van der Waals surface area contributed by atoms with Crippen LogP contribution >= 0.6 is 11.8 Å². The van der Waals surface area contributed by atoms with E-state index in [4.69, 9.17) is 26.7 Å². The van der Waals surface area contributed by atoms with Gasteiger partial charge in [0.2, 0.25) is 23.6 Å². The molecule has 4 atom stereocenters. The summed E-state index contributed by atoms with van der Waals surface area (Å²) in [7, 11) is 3.11. The van der Waals surface area contributed by atoms with Crippen molar-refractivity contribution in [2.24, 2.45) is 23.1 Å². The Hall–Kier alpha value is -3.90. The molecule has 0 radical (unpaired) electrons. The molecule has 9 N–H and O–H groups in total. The number of likely N-dealkylation sites (tertiary alicyclic amines) is 1. The van der Waals surface area contributed by atoms with Crippen molar-refractivity contribution < 1.29 is 43.0 Å². The quantitative estimate of drug-likeness (QED) is 0.0456. The number of nitrogens with two attached hydrogens (primary N) is 3. The molecule has 1 saturated heterocycles. The fraction of sp³-hybridized carbons (Fsp3) is 0.581. The Bertz CT molecular complexity index is 1280. The summed E-state index contributed by atoms with van der Waals surface area (Å²) in [6.07, 6.45) is 0.392. The molecule has 5 amide bonds. The van der Waals surface area contributed by atoms with Gasteiger partial charge in [-0.2, -0.15) is 0 Å². The molecular weight excluding hydrogens is 646 g/mol. The molecule has 1 aliphatic rings. The lowest BCUT2D eigenvalue weighted by Gasteiger charge is -2.19. The largest absolute Gasteiger partial charge is 0.412 e. The van der Waals surface area contributed by atoms with Crippen LogP contribution in [0.3, 0.4) is 0 Å². The zero-order valence-corrected chi connectivity index (χ0v) is 28.2. The Labute approximate surface area is 283 Å². The van der Waals surface area contributed by atoms with Gasteiger partial charge in [-0.15, -0.1) is 11.8 Å². The van der Waals surface area contributed by atoms with Crippen molar-refractivity contribution in [3.63, 3.8) is 0 Å². The number of methoxy groups -OCH3 is 1. The normalized spacial score (nSPS) is 16.2. The minimum absolute atomic E-state index is 0.00237. The van der Waals surface area contributed by atoms with E-state index in [1.54, 1.807) is 38.4 Å². The van der Waals surface area contributed by atoms with Crippen molar-refractivity contribution in [2.75, 3.05) is 46.3 Å². The average molecular weight is 694 g/mol. The highest BCUT2D eigenvalue weighted by Gasteiger charge is 2.39. The predicted octanol–water partition coefficient (Wildman–Crippen LogP) is -1.04. The van der Waals surface area contributed by atoms with E-state index in [1.807, 2.05) is 0 Å². The van der Waals surface area contributed by atoms with Gasteiger partial charge in [-0.25, -0.2) is 4.79 Å². The van der Waals surface area contributed by atoms with E-state index in [9.17, 15) is 33.6 Å². The molecule has 266 valence electrons. The summed E-state index contributed by atoms with van der Waals surface area (Å²) in [5.74, 6) is -2.85. The zero-order valence-electron chi connectivity index (χ0n) is 27.4. The highest BCUT2D eigenvalue weighted by molar-refractivity contribution is 8.00. The summed E-state index contributed by atoms with van der Waals surface area (Å²) in [6, 6.07) is 4.98. The summed E-state index contributed by atoms with van der Waals surface area (Å²) < 4.78 is 10.2. The molecule has 16 nitrogen and oxygen atoms in total. The van der Waals surface area contributed by atoms with E-state index in [0.717, 1.165) is 22.2 Å². The van der Waals surface area contributed by atoms with Gasteiger partial charge in [-0.3, -0.25) is 33.7 Å². The van der Waals surface area contributed by atoms with Gasteiger partial charge in [-0.1, -0.05) is 12.1 Å². The average Bonchev–Trinajstić information content (AvgIpc) is 3.32. The number of carbonyl (C=O) groups excluding carboxylic acids is 7. The van der Waals surface area contributed by atoms with Crippen molar-refractivity contribution in [1.29, 1.82) is 0 Å². The summed E-state index contributed by atoms with van der Waals surface area (Å²) in [5, 5.41) is 7.16. The molecule has 48 heavy (non-hydrogen) atoms. The third kappa shape index (κ3) is 13.7. The van der Waals surface area contributed by atoms with Gasteiger partial charge in [0.1, 0.15) is 11.5 Å². The van der Waals surface area contributed by atoms with Crippen LogP contribution in [0.2, 0.25) is 0 Å². The molecular formula is C31H47N7O9S. The molecule has 2 rings (SSSR count). The fourth-order valence-electron chi connectivity index (χ4n) is 4.85. The molecule has 2 unspecified atom stereocenters. The van der Waals surface area contributed by atoms with Gasteiger partial charge >= 0.3 is 6.09 Å². The Morgan fingerprint density at radius 1 is 1.08 bits per heavy atom. The fourth-order valence-corrected chi connectivity index (χ4v) is 6.13. The summed E-state index contributed by atoms with van der Waals surface area (Å²) in [5.41, 5.74) is 17.5. The first kappa shape index (κ1) is 40.3. The molecule has 0 aromatic heterocycles. The highest BCUT2D eigenvalue weighted by Crippen LogP contribution is 2.28. The van der Waals surface area contributed by atoms with Gasteiger partial charge in [0.15, 0.2) is 5.78 Å². The molecule has 1 heterocycles. The van der Waals surface area contributed by atoms with Gasteiger partial charge in [0, 0.05) is 58.2 Å². The third-order valence-corrected chi connectivity index (χ3v) is 8.98. The number of nitrogens with one attached hydrogen (secondary N) is 3. The van der Waals surface area contributed by atoms with Crippen molar-refractivity contribution in [3.8, 4) is 5.75 Å². The maximum atomic E-state index is 13.0. The molecule has 1 aromatic rings. The molecule has 0 bridgehead atoms. The highest BCUT2D eigenvalue weighted by atomic mass is 32.2. The number of carbonyl (C=O) groups is 7. The Morgan fingerprint density at radius 3 is 2.42 bits per heavy atom. The maximum Gasteiger partial charge on any atom is 0.412 e. The van der Waals surface area contributed by atoms with Crippen LogP contribution in [-0.2, 0) is 39.9 Å². The van der Waals surface area contributed by atoms with Crippen molar-refractivity contribution in [1.82, 2.24) is 20.9 Å². The number of hydrogen-bond acceptors (Lipinski definition) is 13. The lowest BCUT2D eigenvalue weighted by Crippen LogP contribution is -2.44. The SMILES string of the molecule is CNC(CCNC(=O)Oc1ccc(C[C@H](N)C(=O)NCN)cc1)C(=O)C[C@@H](CSC1CC(=O)N(CCC(=O)CCCOC)C1=O)C(N)=O. The van der Waals surface area contributed by atoms with E-state index >= 15 is 0 Å². The number of Topliss-reactive ketones (excluding diaryl/α,β-unsaturated/α-hetero) is 2. The number of nitrogens with zero attached hydrogens (tertiary/aromatic N) is 1. The van der Waals surface area contributed by atoms with E-state index in [1.165, 1.54) is 0 Å². The number of ketones is 2. The van der Waals surface area contributed by atoms with Crippen molar-refractivity contribution in [2.45, 2.75) is 62.3 Å². The second kappa shape index (κ2) is 21.1. The number of primary amides is 1. The van der Waals surface area contributed by atoms with Crippen LogP contribution < -0.4 is 37.9 Å². The molecule has 0 spiro atoms. The second-order valence-electron chi connectivity index (χ2n) is 11.2. The standard InChI is InChI=1S/C31H47N7O9S/c1-35-24(9-11-36-31(45)47-22-7-5-19(6-8-22)14-23(33)29(43)37-18-32)25(40)15-20(28(34)42)17-48-26-16-27(41)38(30(26)44)12-10-21(39)4-3-13-46-2/h5-8,20,23-24,26,35H,3-4,9-18,32-33H2,1-2H3,(H2,34,42)(H,36,45)(H,37,43)/t20-,23-,24?,26?/m0/s1. The van der Waals surface area contributed by atoms with Crippen LogP contribution in [0.5, 0.6) is 5.75 Å². The monoisotopic (exact) mass is 693 g/mol. The molecule has 1 fully saturated rings. The first-order valence-corrected chi connectivity index (χ1v) is 16.7. The minimum Gasteiger partial charge on any atom is -0.410 e. The lowest BCUT2D eigenvalue weighted by molar-refractivity contribution is -0.138. The minimum atomic E-state index is -0.886. The first-order valence-electron chi connectivity index (χ1n) is 15.6. The molecule has 1 aliphatic heterocycles. The van der Waals surface area contributed by atoms with E-state index in [2.05, 4.69) is 16.0 Å². The Balaban J connectivity index is 1.78. The van der Waals surface area contributed by atoms with E-state index in [0.29, 0.717) is 19.4 Å². The van der Waals surface area contributed by atoms with Crippen LogP contribution in [0.25, 0.3) is 0 Å². The third-order valence-electron chi connectivity index (χ3n) is 7.61.